The van der Waals surface area contributed by atoms with Crippen molar-refractivity contribution in [1.82, 2.24) is 0 Å². The number of unbranched alkanes of at least 4 members (excludes halogenated alkanes) is 1. The highest BCUT2D eigenvalue weighted by molar-refractivity contribution is 6.04. The van der Waals surface area contributed by atoms with Crippen LogP contribution in [0.4, 0.5) is 0 Å². The maximum Gasteiger partial charge on any atom is 0.339 e. The Morgan fingerprint density at radius 2 is 1.43 bits per heavy atom. The number of carbonyl (C=O) groups excluding carboxylic acids is 4. The normalized spacial score (nSPS) is 26.8. The summed E-state index contributed by atoms with van der Waals surface area (Å²) in [6.07, 6.45) is -12.9. The van der Waals surface area contributed by atoms with E-state index in [2.05, 4.69) is 0 Å². The molecule has 0 saturated carbocycles. The molecule has 0 amide bonds. The lowest BCUT2D eigenvalue weighted by Crippen LogP contribution is -2.63. The molecule has 2 heterocycles. The first-order chi connectivity index (χ1) is 27.8. The zero-order chi connectivity index (χ0) is 42.0. The van der Waals surface area contributed by atoms with Crippen molar-refractivity contribution in [2.75, 3.05) is 26.4 Å². The van der Waals surface area contributed by atoms with E-state index in [1.54, 1.807) is 30.3 Å². The molecule has 0 unspecified atom stereocenters. The van der Waals surface area contributed by atoms with Gasteiger partial charge < -0.3 is 58.7 Å². The van der Waals surface area contributed by atoms with E-state index in [4.69, 9.17) is 33.2 Å². The molecule has 0 aromatic heterocycles. The standard InChI is InChI=1S/C42H50O16/c1-4-5-19-52-39(50)28-18-12-17-27(20-25-13-8-6-9-14-25)31(28)40(51)55-35-30(22-44)57-42(36(35)56-37(48)24(2)3,23-53-38(49)26-15-10-7-11-16-26)58-41-34(47)33(46)32(45)29(21-43)54-41/h6-18,24,29-30,32-36,41,43-47H,4-5,19-23H2,1-3H3/t29-,30-,32-,33+,34-,35-,36+,41-,42+/m1/s1. The monoisotopic (exact) mass is 810 g/mol. The number of aliphatic hydroxyl groups excluding tert-OH is 5. The highest BCUT2D eigenvalue weighted by atomic mass is 16.8. The first-order valence-electron chi connectivity index (χ1n) is 19.1. The van der Waals surface area contributed by atoms with Gasteiger partial charge in [0.2, 0.25) is 5.79 Å². The summed E-state index contributed by atoms with van der Waals surface area (Å²) in [5.74, 6) is -7.06. The van der Waals surface area contributed by atoms with Gasteiger partial charge in [0.25, 0.3) is 0 Å². The van der Waals surface area contributed by atoms with Gasteiger partial charge in [-0.3, -0.25) is 4.79 Å². The van der Waals surface area contributed by atoms with Gasteiger partial charge in [0.05, 0.1) is 42.4 Å². The number of aliphatic hydroxyl groups is 5. The van der Waals surface area contributed by atoms with Crippen LogP contribution in [0.25, 0.3) is 0 Å². The van der Waals surface area contributed by atoms with E-state index in [0.717, 1.165) is 12.0 Å². The van der Waals surface area contributed by atoms with Crippen molar-refractivity contribution in [2.24, 2.45) is 5.92 Å². The summed E-state index contributed by atoms with van der Waals surface area (Å²) in [6, 6.07) is 21.5. The van der Waals surface area contributed by atoms with Crippen LogP contribution >= 0.6 is 0 Å². The molecule has 3 aromatic carbocycles. The van der Waals surface area contributed by atoms with Crippen molar-refractivity contribution in [3.05, 3.63) is 107 Å². The Morgan fingerprint density at radius 3 is 2.07 bits per heavy atom. The minimum absolute atomic E-state index is 0.0858. The smallest absolute Gasteiger partial charge is 0.339 e. The quantitative estimate of drug-likeness (QED) is 0.0746. The van der Waals surface area contributed by atoms with E-state index in [-0.39, 0.29) is 29.7 Å². The number of esters is 4. The number of hydrogen-bond acceptors (Lipinski definition) is 16. The molecular weight excluding hydrogens is 760 g/mol. The van der Waals surface area contributed by atoms with Gasteiger partial charge >= 0.3 is 23.9 Å². The van der Waals surface area contributed by atoms with E-state index in [9.17, 15) is 44.7 Å². The van der Waals surface area contributed by atoms with E-state index >= 15 is 0 Å². The maximum absolute atomic E-state index is 14.6. The number of carbonyl (C=O) groups is 4. The molecule has 0 spiro atoms. The van der Waals surface area contributed by atoms with Crippen LogP contribution in [-0.2, 0) is 44.4 Å². The fraction of sp³-hybridized carbons (Fsp3) is 0.476. The molecule has 0 radical (unpaired) electrons. The van der Waals surface area contributed by atoms with Crippen molar-refractivity contribution in [3.63, 3.8) is 0 Å². The van der Waals surface area contributed by atoms with Gasteiger partial charge in [-0.15, -0.1) is 0 Å². The first kappa shape index (κ1) is 44.3. The predicted molar refractivity (Wildman–Crippen MR) is 201 cm³/mol. The minimum Gasteiger partial charge on any atom is -0.462 e. The summed E-state index contributed by atoms with van der Waals surface area (Å²) >= 11 is 0. The van der Waals surface area contributed by atoms with Gasteiger partial charge in [-0.2, -0.15) is 0 Å². The number of ether oxygens (including phenoxy) is 7. The Labute approximate surface area is 335 Å². The molecule has 5 N–H and O–H groups in total. The molecule has 2 fully saturated rings. The molecular formula is C42H50O16. The summed E-state index contributed by atoms with van der Waals surface area (Å²) in [6.45, 7) is 2.34. The third kappa shape index (κ3) is 10.3. The van der Waals surface area contributed by atoms with Crippen molar-refractivity contribution in [2.45, 2.75) is 94.8 Å². The Hall–Kier alpha value is -4.78. The van der Waals surface area contributed by atoms with Crippen LogP contribution in [0.3, 0.4) is 0 Å². The molecule has 0 aliphatic carbocycles. The zero-order valence-electron chi connectivity index (χ0n) is 32.4. The van der Waals surface area contributed by atoms with Crippen LogP contribution in [0.5, 0.6) is 0 Å². The Balaban J connectivity index is 1.59. The third-order valence-corrected chi connectivity index (χ3v) is 9.71. The van der Waals surface area contributed by atoms with Crippen LogP contribution in [0.1, 0.15) is 75.8 Å². The summed E-state index contributed by atoms with van der Waals surface area (Å²) in [7, 11) is 0. The fourth-order valence-electron chi connectivity index (χ4n) is 6.51. The van der Waals surface area contributed by atoms with Crippen molar-refractivity contribution in [3.8, 4) is 0 Å². The van der Waals surface area contributed by atoms with Crippen molar-refractivity contribution >= 4 is 23.9 Å². The molecule has 16 heteroatoms. The van der Waals surface area contributed by atoms with Crippen molar-refractivity contribution in [1.29, 1.82) is 0 Å². The lowest BCUT2D eigenvalue weighted by molar-refractivity contribution is -0.383. The fourth-order valence-corrected chi connectivity index (χ4v) is 6.51. The van der Waals surface area contributed by atoms with Gasteiger partial charge in [0, 0.05) is 0 Å². The van der Waals surface area contributed by atoms with Crippen LogP contribution < -0.4 is 0 Å². The van der Waals surface area contributed by atoms with E-state index in [1.165, 1.54) is 32.0 Å². The second kappa shape index (κ2) is 20.3. The molecule has 5 rings (SSSR count). The highest BCUT2D eigenvalue weighted by Crippen LogP contribution is 2.41. The number of rotatable bonds is 17. The molecule has 58 heavy (non-hydrogen) atoms. The second-order valence-electron chi connectivity index (χ2n) is 14.3. The minimum atomic E-state index is -2.56. The number of hydrogen-bond donors (Lipinski definition) is 5. The van der Waals surface area contributed by atoms with E-state index in [0.29, 0.717) is 12.0 Å². The highest BCUT2D eigenvalue weighted by Gasteiger charge is 2.64. The van der Waals surface area contributed by atoms with Crippen LogP contribution in [0, 0.1) is 5.92 Å². The molecule has 16 nitrogen and oxygen atoms in total. The molecule has 9 atom stereocenters. The summed E-state index contributed by atoms with van der Waals surface area (Å²) in [4.78, 5) is 54.8. The molecule has 3 aromatic rings. The largest absolute Gasteiger partial charge is 0.462 e. The van der Waals surface area contributed by atoms with Gasteiger partial charge in [-0.05, 0) is 42.2 Å². The van der Waals surface area contributed by atoms with Gasteiger partial charge in [-0.25, -0.2) is 14.4 Å². The Morgan fingerprint density at radius 1 is 0.759 bits per heavy atom. The SMILES string of the molecule is CCCCOC(=O)c1cccc(Cc2ccccc2)c1C(=O)O[C@@H]1[C@@H](CO)O[C@@](COC(=O)c2ccccc2)(O[C@H]2O[C@H](CO)[C@@H](O)[C@H](O)[C@H]2O)[C@H]1OC(=O)C(C)C. The average molecular weight is 811 g/mol. The van der Waals surface area contributed by atoms with E-state index < -0.39 is 104 Å². The maximum atomic E-state index is 14.6. The van der Waals surface area contributed by atoms with Crippen LogP contribution in [0.15, 0.2) is 78.9 Å². The van der Waals surface area contributed by atoms with E-state index in [1.807, 2.05) is 37.3 Å². The van der Waals surface area contributed by atoms with Gasteiger partial charge in [0.15, 0.2) is 18.5 Å². The molecule has 2 aliphatic rings. The average Bonchev–Trinajstić information content (AvgIpc) is 3.51. The Kier molecular flexibility index (Phi) is 15.5. The Bertz CT molecular complexity index is 1840. The van der Waals surface area contributed by atoms with Crippen LogP contribution in [0.2, 0.25) is 0 Å². The number of benzene rings is 3. The summed E-state index contributed by atoms with van der Waals surface area (Å²) < 4.78 is 41.0. The first-order valence-corrected chi connectivity index (χ1v) is 19.1. The second-order valence-corrected chi connectivity index (χ2v) is 14.3. The lowest BCUT2D eigenvalue weighted by atomic mass is 9.95. The molecule has 2 saturated heterocycles. The van der Waals surface area contributed by atoms with Gasteiger partial charge in [-0.1, -0.05) is 87.9 Å². The molecule has 2 aliphatic heterocycles. The molecule has 314 valence electrons. The zero-order valence-corrected chi connectivity index (χ0v) is 32.4. The predicted octanol–water partition coefficient (Wildman–Crippen LogP) is 2.09. The summed E-state index contributed by atoms with van der Waals surface area (Å²) in [5.41, 5.74) is 0.958. The lowest BCUT2D eigenvalue weighted by Gasteiger charge is -2.43. The van der Waals surface area contributed by atoms with Crippen molar-refractivity contribution < 1.29 is 77.9 Å². The molecule has 0 bridgehead atoms. The summed E-state index contributed by atoms with van der Waals surface area (Å²) in [5, 5.41) is 52.7. The topological polar surface area (TPSA) is 234 Å². The third-order valence-electron chi connectivity index (χ3n) is 9.71. The van der Waals surface area contributed by atoms with Gasteiger partial charge in [0.1, 0.15) is 37.1 Å². The van der Waals surface area contributed by atoms with Crippen LogP contribution in [-0.4, -0.2) is 131 Å².